The molecule has 0 saturated heterocycles. The highest BCUT2D eigenvalue weighted by Gasteiger charge is 2.24. The van der Waals surface area contributed by atoms with E-state index in [1.54, 1.807) is 12.4 Å². The second-order valence-electron chi connectivity index (χ2n) is 4.69. The second-order valence-corrected chi connectivity index (χ2v) is 4.69. The molecule has 0 radical (unpaired) electrons. The number of nitrogens with zero attached hydrogens (tertiary/aromatic N) is 3. The number of hydrogen-bond donors (Lipinski definition) is 1. The summed E-state index contributed by atoms with van der Waals surface area (Å²) < 4.78 is 7.86. The van der Waals surface area contributed by atoms with Gasteiger partial charge in [-0.15, -0.1) is 0 Å². The lowest BCUT2D eigenvalue weighted by molar-refractivity contribution is 0.276. The summed E-state index contributed by atoms with van der Waals surface area (Å²) in [4.78, 5) is 4.05. The first-order valence-electron chi connectivity index (χ1n) is 6.66. The molecule has 1 N–H and O–H groups in total. The van der Waals surface area contributed by atoms with Crippen molar-refractivity contribution in [1.82, 2.24) is 20.1 Å². The number of aromatic nitrogens is 3. The highest BCUT2D eigenvalue weighted by Crippen LogP contribution is 2.24. The Morgan fingerprint density at radius 1 is 1.47 bits per heavy atom. The smallest absolute Gasteiger partial charge is 0.137 e. The zero-order valence-corrected chi connectivity index (χ0v) is 11.0. The molecule has 0 spiro atoms. The fourth-order valence-corrected chi connectivity index (χ4v) is 2.48. The molecule has 5 nitrogen and oxygen atoms in total. The van der Waals surface area contributed by atoms with Crippen LogP contribution in [0.15, 0.2) is 30.7 Å². The Bertz CT molecular complexity index is 538. The predicted octanol–water partition coefficient (Wildman–Crippen LogP) is 1.56. The molecule has 1 aliphatic heterocycles. The monoisotopic (exact) mass is 258 g/mol. The molecule has 3 heterocycles. The van der Waals surface area contributed by atoms with E-state index in [1.165, 1.54) is 11.3 Å². The summed E-state index contributed by atoms with van der Waals surface area (Å²) in [6.07, 6.45) is 5.47. The maximum atomic E-state index is 5.81. The van der Waals surface area contributed by atoms with Crippen LogP contribution < -0.4 is 10.1 Å². The number of nitrogens with one attached hydrogen (secondary N) is 1. The van der Waals surface area contributed by atoms with Gasteiger partial charge in [0.05, 0.1) is 24.7 Å². The van der Waals surface area contributed by atoms with E-state index < -0.39 is 0 Å². The van der Waals surface area contributed by atoms with Gasteiger partial charge in [-0.25, -0.2) is 0 Å². The Hall–Kier alpha value is -1.88. The van der Waals surface area contributed by atoms with Gasteiger partial charge in [0, 0.05) is 37.3 Å². The van der Waals surface area contributed by atoms with Gasteiger partial charge < -0.3 is 10.1 Å². The Labute approximate surface area is 112 Å². The molecule has 0 bridgehead atoms. The summed E-state index contributed by atoms with van der Waals surface area (Å²) in [6, 6.07) is 3.81. The third-order valence-electron chi connectivity index (χ3n) is 3.49. The maximum Gasteiger partial charge on any atom is 0.137 e. The number of fused-ring (bicyclic) bond motifs is 1. The number of rotatable bonds is 4. The normalized spacial score (nSPS) is 18.1. The quantitative estimate of drug-likeness (QED) is 0.904. The summed E-state index contributed by atoms with van der Waals surface area (Å²) in [6.45, 7) is 5.51. The molecule has 0 saturated carbocycles. The van der Waals surface area contributed by atoms with Crippen LogP contribution in [0.5, 0.6) is 5.75 Å². The number of ether oxygens (including phenoxy) is 1. The van der Waals surface area contributed by atoms with Crippen LogP contribution in [0, 0.1) is 0 Å². The first-order chi connectivity index (χ1) is 9.38. The molecule has 0 fully saturated rings. The van der Waals surface area contributed by atoms with E-state index in [0.717, 1.165) is 25.4 Å². The Morgan fingerprint density at radius 3 is 3.21 bits per heavy atom. The van der Waals surface area contributed by atoms with E-state index in [-0.39, 0.29) is 0 Å². The van der Waals surface area contributed by atoms with E-state index in [9.17, 15) is 0 Å². The molecule has 0 amide bonds. The Kier molecular flexibility index (Phi) is 3.46. The topological polar surface area (TPSA) is 52.0 Å². The van der Waals surface area contributed by atoms with Gasteiger partial charge in [-0.3, -0.25) is 9.67 Å². The maximum absolute atomic E-state index is 5.81. The zero-order chi connectivity index (χ0) is 13.1. The van der Waals surface area contributed by atoms with Crippen LogP contribution >= 0.6 is 0 Å². The first-order valence-corrected chi connectivity index (χ1v) is 6.66. The first kappa shape index (κ1) is 12.2. The van der Waals surface area contributed by atoms with Gasteiger partial charge in [-0.05, 0) is 19.1 Å². The molecule has 0 aliphatic carbocycles. The van der Waals surface area contributed by atoms with Crippen molar-refractivity contribution in [1.29, 1.82) is 0 Å². The van der Waals surface area contributed by atoms with E-state index in [1.807, 2.05) is 18.3 Å². The lowest BCUT2D eigenvalue weighted by Gasteiger charge is -2.24. The Morgan fingerprint density at radius 2 is 2.42 bits per heavy atom. The van der Waals surface area contributed by atoms with E-state index in [0.29, 0.717) is 12.5 Å². The van der Waals surface area contributed by atoms with Crippen molar-refractivity contribution in [3.8, 4) is 5.75 Å². The number of aryl methyl sites for hydroxylation is 1. The molecule has 19 heavy (non-hydrogen) atoms. The number of hydrogen-bond acceptors (Lipinski definition) is 4. The third kappa shape index (κ3) is 2.46. The second kappa shape index (κ2) is 5.40. The molecule has 1 atom stereocenters. The lowest BCUT2D eigenvalue weighted by Crippen LogP contribution is -2.32. The average molecular weight is 258 g/mol. The van der Waals surface area contributed by atoms with Gasteiger partial charge in [-0.2, -0.15) is 5.10 Å². The van der Waals surface area contributed by atoms with Crippen LogP contribution in [-0.4, -0.2) is 27.9 Å². The summed E-state index contributed by atoms with van der Waals surface area (Å²) in [5.41, 5.74) is 2.60. The minimum Gasteiger partial charge on any atom is -0.491 e. The summed E-state index contributed by atoms with van der Waals surface area (Å²) >= 11 is 0. The van der Waals surface area contributed by atoms with Crippen molar-refractivity contribution in [2.45, 2.75) is 25.9 Å². The van der Waals surface area contributed by atoms with Crippen molar-refractivity contribution in [3.05, 3.63) is 42.0 Å². The highest BCUT2D eigenvalue weighted by molar-refractivity contribution is 5.26. The summed E-state index contributed by atoms with van der Waals surface area (Å²) in [7, 11) is 0. The fraction of sp³-hybridized carbons (Fsp3) is 0.429. The van der Waals surface area contributed by atoms with E-state index in [4.69, 9.17) is 4.74 Å². The highest BCUT2D eigenvalue weighted by atomic mass is 16.5. The molecule has 0 unspecified atom stereocenters. The predicted molar refractivity (Wildman–Crippen MR) is 72.1 cm³/mol. The lowest BCUT2D eigenvalue weighted by atomic mass is 9.97. The van der Waals surface area contributed by atoms with Crippen LogP contribution in [0.3, 0.4) is 0 Å². The van der Waals surface area contributed by atoms with E-state index >= 15 is 0 Å². The largest absolute Gasteiger partial charge is 0.491 e. The molecule has 0 aromatic carbocycles. The van der Waals surface area contributed by atoms with Gasteiger partial charge in [0.2, 0.25) is 0 Å². The van der Waals surface area contributed by atoms with Gasteiger partial charge in [0.1, 0.15) is 5.75 Å². The third-order valence-corrected chi connectivity index (χ3v) is 3.49. The van der Waals surface area contributed by atoms with Crippen molar-refractivity contribution in [2.75, 3.05) is 13.2 Å². The van der Waals surface area contributed by atoms with E-state index in [2.05, 4.69) is 27.0 Å². The van der Waals surface area contributed by atoms with Gasteiger partial charge in [0.25, 0.3) is 0 Å². The molecule has 3 rings (SSSR count). The van der Waals surface area contributed by atoms with Crippen molar-refractivity contribution >= 4 is 0 Å². The SMILES string of the molecule is CCn1ncc2c1CNC[C@H]2COc1cccnc1. The van der Waals surface area contributed by atoms with Crippen molar-refractivity contribution < 1.29 is 4.74 Å². The summed E-state index contributed by atoms with van der Waals surface area (Å²) in [5.74, 6) is 1.17. The minimum absolute atomic E-state index is 0.351. The zero-order valence-electron chi connectivity index (χ0n) is 11.0. The van der Waals surface area contributed by atoms with Crippen molar-refractivity contribution in [3.63, 3.8) is 0 Å². The average Bonchev–Trinajstić information content (AvgIpc) is 2.90. The molecule has 2 aromatic heterocycles. The fourth-order valence-electron chi connectivity index (χ4n) is 2.48. The molecular weight excluding hydrogens is 240 g/mol. The van der Waals surface area contributed by atoms with Crippen molar-refractivity contribution in [2.24, 2.45) is 0 Å². The van der Waals surface area contributed by atoms with Gasteiger partial charge in [0.15, 0.2) is 0 Å². The molecule has 2 aromatic rings. The van der Waals surface area contributed by atoms with Crippen LogP contribution in [0.1, 0.15) is 24.1 Å². The van der Waals surface area contributed by atoms with Crippen LogP contribution in [0.2, 0.25) is 0 Å². The molecule has 1 aliphatic rings. The minimum atomic E-state index is 0.351. The molecule has 5 heteroatoms. The standard InChI is InChI=1S/C14H18N4O/c1-2-18-14-9-16-6-11(13(14)8-17-18)10-19-12-4-3-5-15-7-12/h3-5,7-8,11,16H,2,6,9-10H2,1H3/t11-/m0/s1. The van der Waals surface area contributed by atoms with Gasteiger partial charge >= 0.3 is 0 Å². The molecular formula is C14H18N4O. The van der Waals surface area contributed by atoms with Crippen LogP contribution in [0.25, 0.3) is 0 Å². The summed E-state index contributed by atoms with van der Waals surface area (Å²) in [5, 5.41) is 7.86. The Balaban J connectivity index is 1.72. The molecule has 100 valence electrons. The number of pyridine rings is 1. The van der Waals surface area contributed by atoms with Crippen LogP contribution in [0.4, 0.5) is 0 Å². The van der Waals surface area contributed by atoms with Crippen LogP contribution in [-0.2, 0) is 13.1 Å². The van der Waals surface area contributed by atoms with Gasteiger partial charge in [-0.1, -0.05) is 0 Å².